The Kier molecular flexibility index (Phi) is 4.48. The quantitative estimate of drug-likeness (QED) is 0.802. The maximum Gasteiger partial charge on any atom is 0.168 e. The van der Waals surface area contributed by atoms with Crippen LogP contribution in [-0.2, 0) is 4.74 Å². The summed E-state index contributed by atoms with van der Waals surface area (Å²) in [5, 5.41) is 0. The number of rotatable bonds is 3. The minimum absolute atomic E-state index is 0.0775. The third-order valence-electron chi connectivity index (χ3n) is 4.23. The molecule has 0 aliphatic carbocycles. The van der Waals surface area contributed by atoms with Gasteiger partial charge in [0.1, 0.15) is 23.0 Å². The molecule has 0 N–H and O–H groups in total. The topological polar surface area (TPSA) is 39.2 Å². The Hall–Kier alpha value is -2.14. The van der Waals surface area contributed by atoms with E-state index in [9.17, 15) is 13.6 Å². The van der Waals surface area contributed by atoms with Crippen molar-refractivity contribution in [2.75, 3.05) is 13.2 Å². The third kappa shape index (κ3) is 3.15. The zero-order chi connectivity index (χ0) is 16.4. The van der Waals surface area contributed by atoms with Crippen molar-refractivity contribution < 1.29 is 18.3 Å². The van der Waals surface area contributed by atoms with E-state index in [0.717, 1.165) is 24.5 Å². The first-order valence-corrected chi connectivity index (χ1v) is 7.60. The number of aryl methyl sites for hydroxylation is 1. The lowest BCUT2D eigenvalue weighted by Crippen LogP contribution is -2.14. The summed E-state index contributed by atoms with van der Waals surface area (Å²) in [6, 6.07) is 5.74. The van der Waals surface area contributed by atoms with Crippen LogP contribution in [0.3, 0.4) is 0 Å². The normalized spacial score (nSPS) is 15.6. The Morgan fingerprint density at radius 2 is 1.91 bits per heavy atom. The van der Waals surface area contributed by atoms with Crippen LogP contribution in [0.4, 0.5) is 8.78 Å². The van der Waals surface area contributed by atoms with Crippen LogP contribution in [0.2, 0.25) is 0 Å². The standard InChI is InChI=1S/C18H17F2NO2/c1-11-8-13(12-4-6-23-7-5-12)9-16(20)17(11)18-15(19)3-2-14(10-22)21-18/h2-3,8-10,12H,4-7H2,1H3. The van der Waals surface area contributed by atoms with Crippen molar-refractivity contribution >= 4 is 6.29 Å². The molecule has 1 aromatic carbocycles. The Morgan fingerprint density at radius 1 is 1.17 bits per heavy atom. The van der Waals surface area contributed by atoms with E-state index in [1.165, 1.54) is 12.1 Å². The lowest BCUT2D eigenvalue weighted by atomic mass is 9.88. The number of carbonyl (C=O) groups excluding carboxylic acids is 1. The third-order valence-corrected chi connectivity index (χ3v) is 4.23. The lowest BCUT2D eigenvalue weighted by Gasteiger charge is -2.23. The first-order valence-electron chi connectivity index (χ1n) is 7.60. The highest BCUT2D eigenvalue weighted by molar-refractivity contribution is 5.75. The van der Waals surface area contributed by atoms with Crippen molar-refractivity contribution in [1.29, 1.82) is 0 Å². The molecule has 0 saturated carbocycles. The summed E-state index contributed by atoms with van der Waals surface area (Å²) in [5.74, 6) is -0.900. The Morgan fingerprint density at radius 3 is 2.57 bits per heavy atom. The molecule has 1 aromatic heterocycles. The second kappa shape index (κ2) is 6.54. The van der Waals surface area contributed by atoms with E-state index in [0.29, 0.717) is 25.1 Å². The van der Waals surface area contributed by atoms with Crippen molar-refractivity contribution in [1.82, 2.24) is 4.98 Å². The maximum absolute atomic E-state index is 14.6. The van der Waals surface area contributed by atoms with Crippen molar-refractivity contribution in [3.05, 3.63) is 52.7 Å². The summed E-state index contributed by atoms with van der Waals surface area (Å²) >= 11 is 0. The van der Waals surface area contributed by atoms with Gasteiger partial charge in [0, 0.05) is 18.8 Å². The number of halogens is 2. The number of ether oxygens (including phenoxy) is 1. The van der Waals surface area contributed by atoms with Gasteiger partial charge < -0.3 is 4.74 Å². The molecule has 23 heavy (non-hydrogen) atoms. The Labute approximate surface area is 133 Å². The zero-order valence-electron chi connectivity index (χ0n) is 12.8. The molecule has 2 heterocycles. The molecule has 0 spiro atoms. The molecule has 1 aliphatic rings. The van der Waals surface area contributed by atoms with Crippen LogP contribution < -0.4 is 0 Å². The average molecular weight is 317 g/mol. The molecule has 2 aromatic rings. The summed E-state index contributed by atoms with van der Waals surface area (Å²) in [6.07, 6.45) is 2.23. The van der Waals surface area contributed by atoms with Crippen LogP contribution in [0.5, 0.6) is 0 Å². The number of carbonyl (C=O) groups is 1. The smallest absolute Gasteiger partial charge is 0.168 e. The SMILES string of the molecule is Cc1cc(C2CCOCC2)cc(F)c1-c1nc(C=O)ccc1F. The van der Waals surface area contributed by atoms with Crippen molar-refractivity contribution in [2.24, 2.45) is 0 Å². The first-order chi connectivity index (χ1) is 11.1. The second-order valence-corrected chi connectivity index (χ2v) is 5.77. The molecular weight excluding hydrogens is 300 g/mol. The molecule has 3 rings (SSSR count). The van der Waals surface area contributed by atoms with Gasteiger partial charge in [0.05, 0.1) is 0 Å². The van der Waals surface area contributed by atoms with E-state index in [4.69, 9.17) is 4.74 Å². The van der Waals surface area contributed by atoms with Crippen molar-refractivity contribution in [3.63, 3.8) is 0 Å². The minimum atomic E-state index is -0.642. The molecule has 120 valence electrons. The van der Waals surface area contributed by atoms with Gasteiger partial charge in [-0.3, -0.25) is 4.79 Å². The average Bonchev–Trinajstić information content (AvgIpc) is 2.56. The number of hydrogen-bond acceptors (Lipinski definition) is 3. The van der Waals surface area contributed by atoms with E-state index >= 15 is 0 Å². The van der Waals surface area contributed by atoms with Gasteiger partial charge in [-0.15, -0.1) is 0 Å². The highest BCUT2D eigenvalue weighted by Gasteiger charge is 2.21. The fourth-order valence-electron chi connectivity index (χ4n) is 3.04. The molecule has 0 unspecified atom stereocenters. The lowest BCUT2D eigenvalue weighted by molar-refractivity contribution is 0.0852. The molecule has 1 fully saturated rings. The molecule has 5 heteroatoms. The van der Waals surface area contributed by atoms with Crippen LogP contribution in [0.1, 0.15) is 40.4 Å². The van der Waals surface area contributed by atoms with E-state index < -0.39 is 11.6 Å². The van der Waals surface area contributed by atoms with E-state index in [2.05, 4.69) is 4.98 Å². The summed E-state index contributed by atoms with van der Waals surface area (Å²) in [6.45, 7) is 3.07. The fourth-order valence-corrected chi connectivity index (χ4v) is 3.04. The van der Waals surface area contributed by atoms with E-state index in [1.807, 2.05) is 6.07 Å². The fraction of sp³-hybridized carbons (Fsp3) is 0.333. The van der Waals surface area contributed by atoms with Gasteiger partial charge in [-0.1, -0.05) is 6.07 Å². The molecule has 0 amide bonds. The molecule has 3 nitrogen and oxygen atoms in total. The monoisotopic (exact) mass is 317 g/mol. The molecule has 0 bridgehead atoms. The predicted molar refractivity (Wildman–Crippen MR) is 82.5 cm³/mol. The summed E-state index contributed by atoms with van der Waals surface area (Å²) in [7, 11) is 0. The highest BCUT2D eigenvalue weighted by Crippen LogP contribution is 2.33. The van der Waals surface area contributed by atoms with Crippen LogP contribution >= 0.6 is 0 Å². The van der Waals surface area contributed by atoms with Crippen molar-refractivity contribution in [3.8, 4) is 11.3 Å². The Bertz CT molecular complexity index is 717. The molecule has 0 atom stereocenters. The molecule has 1 saturated heterocycles. The van der Waals surface area contributed by atoms with Crippen LogP contribution in [0.25, 0.3) is 11.3 Å². The number of hydrogen-bond donors (Lipinski definition) is 0. The highest BCUT2D eigenvalue weighted by atomic mass is 19.1. The maximum atomic E-state index is 14.6. The van der Waals surface area contributed by atoms with Gasteiger partial charge in [-0.05, 0) is 55.0 Å². The van der Waals surface area contributed by atoms with Gasteiger partial charge in [0.2, 0.25) is 0 Å². The number of aldehydes is 1. The summed E-state index contributed by atoms with van der Waals surface area (Å²) < 4.78 is 34.0. The van der Waals surface area contributed by atoms with Crippen LogP contribution in [0, 0.1) is 18.6 Å². The van der Waals surface area contributed by atoms with Gasteiger partial charge in [-0.25, -0.2) is 13.8 Å². The molecule has 1 aliphatic heterocycles. The van der Waals surface area contributed by atoms with Gasteiger partial charge in [0.25, 0.3) is 0 Å². The largest absolute Gasteiger partial charge is 0.381 e. The van der Waals surface area contributed by atoms with Crippen molar-refractivity contribution in [2.45, 2.75) is 25.7 Å². The molecular formula is C18H17F2NO2. The van der Waals surface area contributed by atoms with Gasteiger partial charge in [-0.2, -0.15) is 0 Å². The summed E-state index contributed by atoms with van der Waals surface area (Å²) in [5.41, 5.74) is 1.58. The number of nitrogens with zero attached hydrogens (tertiary/aromatic N) is 1. The van der Waals surface area contributed by atoms with Gasteiger partial charge in [0.15, 0.2) is 6.29 Å². The summed E-state index contributed by atoms with van der Waals surface area (Å²) in [4.78, 5) is 14.8. The minimum Gasteiger partial charge on any atom is -0.381 e. The number of aromatic nitrogens is 1. The number of pyridine rings is 1. The second-order valence-electron chi connectivity index (χ2n) is 5.77. The van der Waals surface area contributed by atoms with Crippen LogP contribution in [-0.4, -0.2) is 24.5 Å². The predicted octanol–water partition coefficient (Wildman–Crippen LogP) is 4.04. The zero-order valence-corrected chi connectivity index (χ0v) is 12.8. The van der Waals surface area contributed by atoms with Gasteiger partial charge >= 0.3 is 0 Å². The van der Waals surface area contributed by atoms with E-state index in [1.54, 1.807) is 6.92 Å². The Balaban J connectivity index is 2.05. The van der Waals surface area contributed by atoms with E-state index in [-0.39, 0.29) is 22.9 Å². The van der Waals surface area contributed by atoms with Crippen LogP contribution in [0.15, 0.2) is 24.3 Å². The number of benzene rings is 1. The first kappa shape index (κ1) is 15.7. The molecule has 0 radical (unpaired) electrons.